The van der Waals surface area contributed by atoms with Crippen LogP contribution in [0, 0.1) is 0 Å². The monoisotopic (exact) mass is 513 g/mol. The van der Waals surface area contributed by atoms with E-state index in [1.165, 1.54) is 0 Å². The second-order valence-electron chi connectivity index (χ2n) is 6.18. The van der Waals surface area contributed by atoms with Gasteiger partial charge in [-0.25, -0.2) is 0 Å². The Hall–Kier alpha value is -2.36. The van der Waals surface area contributed by atoms with Crippen molar-refractivity contribution in [3.63, 3.8) is 0 Å². The Kier molecular flexibility index (Phi) is 9.35. The average molecular weight is 515 g/mol. The molecule has 0 fully saturated rings. The van der Waals surface area contributed by atoms with Gasteiger partial charge in [0.2, 0.25) is 0 Å². The maximum absolute atomic E-state index is 12.3. The van der Waals surface area contributed by atoms with Crippen LogP contribution in [0.4, 0.5) is 0 Å². The Morgan fingerprint density at radius 1 is 1.20 bits per heavy atom. The third kappa shape index (κ3) is 7.81. The molecule has 0 aliphatic carbocycles. The molecule has 2 rings (SSSR count). The minimum Gasteiger partial charge on any atom is -0.491 e. The fraction of sp³-hybridized carbons (Fsp3) is 0.250. The zero-order chi connectivity index (χ0) is 22.1. The highest BCUT2D eigenvalue weighted by molar-refractivity contribution is 9.10. The third-order valence-corrected chi connectivity index (χ3v) is 4.80. The van der Waals surface area contributed by atoms with Gasteiger partial charge in [0.1, 0.15) is 11.5 Å². The van der Waals surface area contributed by atoms with Gasteiger partial charge in [-0.3, -0.25) is 25.8 Å². The Morgan fingerprint density at radius 3 is 2.67 bits per heavy atom. The van der Waals surface area contributed by atoms with Gasteiger partial charge in [0.15, 0.2) is 11.7 Å². The smallest absolute Gasteiger partial charge is 0.276 e. The van der Waals surface area contributed by atoms with Crippen LogP contribution in [0.3, 0.4) is 0 Å². The molecule has 1 atom stereocenters. The molecule has 0 saturated heterocycles. The zero-order valence-corrected chi connectivity index (χ0v) is 19.5. The van der Waals surface area contributed by atoms with Crippen molar-refractivity contribution in [2.75, 3.05) is 6.61 Å². The summed E-state index contributed by atoms with van der Waals surface area (Å²) in [5.41, 5.74) is 5.16. The second kappa shape index (κ2) is 11.7. The van der Waals surface area contributed by atoms with Gasteiger partial charge in [-0.15, -0.1) is 0 Å². The van der Waals surface area contributed by atoms with Crippen molar-refractivity contribution in [1.82, 2.24) is 16.2 Å². The zero-order valence-electron chi connectivity index (χ0n) is 16.3. The molecule has 0 radical (unpaired) electrons. The highest BCUT2D eigenvalue weighted by atomic mass is 79.9. The summed E-state index contributed by atoms with van der Waals surface area (Å²) in [5.74, 6) is 0.0158. The van der Waals surface area contributed by atoms with Gasteiger partial charge in [0, 0.05) is 10.0 Å². The maximum Gasteiger partial charge on any atom is 0.276 e. The number of carbonyl (C=O) groups excluding carboxylic acids is 2. The van der Waals surface area contributed by atoms with Crippen molar-refractivity contribution in [2.45, 2.75) is 26.4 Å². The van der Waals surface area contributed by atoms with Crippen molar-refractivity contribution in [3.05, 3.63) is 57.5 Å². The highest BCUT2D eigenvalue weighted by Gasteiger charge is 2.11. The second-order valence-corrected chi connectivity index (χ2v) is 7.92. The molecule has 10 heteroatoms. The molecule has 0 aromatic heterocycles. The molecule has 2 aromatic rings. The van der Waals surface area contributed by atoms with Crippen molar-refractivity contribution >= 4 is 56.7 Å². The molecule has 1 unspecified atom stereocenters. The molecule has 160 valence electrons. The molecule has 0 saturated carbocycles. The van der Waals surface area contributed by atoms with Gasteiger partial charge in [-0.2, -0.15) is 0 Å². The number of hydrogen-bond acceptors (Lipinski definition) is 5. The lowest BCUT2D eigenvalue weighted by Crippen LogP contribution is -2.49. The van der Waals surface area contributed by atoms with Crippen LogP contribution < -0.4 is 25.6 Å². The van der Waals surface area contributed by atoms with E-state index in [0.29, 0.717) is 22.1 Å². The maximum atomic E-state index is 12.3. The normalized spacial score (nSPS) is 11.2. The molecular formula is C20H21BrClN3O4S. The molecule has 3 N–H and O–H groups in total. The topological polar surface area (TPSA) is 88.7 Å². The number of benzene rings is 2. The Balaban J connectivity index is 1.79. The molecule has 2 aromatic carbocycles. The number of carbonyl (C=O) groups is 2. The number of hydrazine groups is 1. The largest absolute Gasteiger partial charge is 0.491 e. The minimum atomic E-state index is -0.505. The van der Waals surface area contributed by atoms with E-state index in [-0.39, 0.29) is 17.8 Å². The van der Waals surface area contributed by atoms with E-state index in [1.54, 1.807) is 42.5 Å². The molecule has 0 aliphatic heterocycles. The Labute approximate surface area is 193 Å². The quantitative estimate of drug-likeness (QED) is 0.382. The number of rotatable bonds is 7. The van der Waals surface area contributed by atoms with E-state index >= 15 is 0 Å². The van der Waals surface area contributed by atoms with Crippen LogP contribution in [0.5, 0.6) is 11.5 Å². The van der Waals surface area contributed by atoms with E-state index in [1.807, 2.05) is 13.8 Å². The summed E-state index contributed by atoms with van der Waals surface area (Å²) in [6.45, 7) is 3.67. The standard InChI is InChI=1S/C20H21BrClN3O4S/c1-3-12(2)29-15-6-4-5-13(9-15)19(27)23-20(30)25-24-18(26)11-28-17-8-7-14(21)10-16(17)22/h4-10,12H,3,11H2,1-2H3,(H,24,26)(H2,23,25,27,30). The SMILES string of the molecule is CCC(C)Oc1cccc(C(=O)NC(=S)NNC(=O)COc2ccc(Br)cc2Cl)c1. The minimum absolute atomic E-state index is 0.0378. The van der Waals surface area contributed by atoms with Crippen LogP contribution in [-0.4, -0.2) is 29.6 Å². The van der Waals surface area contributed by atoms with E-state index in [2.05, 4.69) is 32.1 Å². The fourth-order valence-corrected chi connectivity index (χ4v) is 3.00. The van der Waals surface area contributed by atoms with Gasteiger partial charge in [-0.05, 0) is 62.0 Å². The van der Waals surface area contributed by atoms with Crippen LogP contribution >= 0.6 is 39.7 Å². The Bertz CT molecular complexity index is 929. The first-order chi connectivity index (χ1) is 14.3. The summed E-state index contributed by atoms with van der Waals surface area (Å²) >= 11 is 14.3. The van der Waals surface area contributed by atoms with Crippen LogP contribution in [-0.2, 0) is 4.79 Å². The molecule has 0 aliphatic rings. The third-order valence-electron chi connectivity index (χ3n) is 3.80. The highest BCUT2D eigenvalue weighted by Crippen LogP contribution is 2.27. The molecule has 0 heterocycles. The van der Waals surface area contributed by atoms with Crippen molar-refractivity contribution in [2.24, 2.45) is 0 Å². The van der Waals surface area contributed by atoms with Crippen LogP contribution in [0.15, 0.2) is 46.9 Å². The van der Waals surface area contributed by atoms with Crippen LogP contribution in [0.1, 0.15) is 30.6 Å². The lowest BCUT2D eigenvalue weighted by atomic mass is 10.2. The molecular weight excluding hydrogens is 494 g/mol. The fourth-order valence-electron chi connectivity index (χ4n) is 2.13. The summed E-state index contributed by atoms with van der Waals surface area (Å²) in [5, 5.41) is 2.78. The lowest BCUT2D eigenvalue weighted by Gasteiger charge is -2.14. The van der Waals surface area contributed by atoms with E-state index in [0.717, 1.165) is 10.9 Å². The first-order valence-corrected chi connectivity index (χ1v) is 10.6. The summed E-state index contributed by atoms with van der Waals surface area (Å²) in [7, 11) is 0. The summed E-state index contributed by atoms with van der Waals surface area (Å²) in [6.07, 6.45) is 0.887. The van der Waals surface area contributed by atoms with Crippen molar-refractivity contribution < 1.29 is 19.1 Å². The first kappa shape index (κ1) is 23.9. The number of amides is 2. The molecule has 7 nitrogen and oxygen atoms in total. The van der Waals surface area contributed by atoms with Gasteiger partial charge >= 0.3 is 0 Å². The molecule has 2 amide bonds. The number of ether oxygens (including phenoxy) is 2. The number of nitrogens with one attached hydrogen (secondary N) is 3. The first-order valence-electron chi connectivity index (χ1n) is 9.03. The summed E-state index contributed by atoms with van der Waals surface area (Å²) < 4.78 is 11.8. The number of thiocarbonyl (C=S) groups is 1. The van der Waals surface area contributed by atoms with E-state index < -0.39 is 11.8 Å². The predicted octanol–water partition coefficient (Wildman–Crippen LogP) is 3.99. The molecule has 30 heavy (non-hydrogen) atoms. The Morgan fingerprint density at radius 2 is 1.97 bits per heavy atom. The number of halogens is 2. The van der Waals surface area contributed by atoms with Crippen molar-refractivity contribution in [3.8, 4) is 11.5 Å². The average Bonchev–Trinajstić information content (AvgIpc) is 2.71. The van der Waals surface area contributed by atoms with Gasteiger partial charge < -0.3 is 9.47 Å². The summed E-state index contributed by atoms with van der Waals surface area (Å²) in [4.78, 5) is 24.2. The van der Waals surface area contributed by atoms with E-state index in [4.69, 9.17) is 33.3 Å². The van der Waals surface area contributed by atoms with Gasteiger partial charge in [0.05, 0.1) is 11.1 Å². The van der Waals surface area contributed by atoms with Crippen molar-refractivity contribution in [1.29, 1.82) is 0 Å². The van der Waals surface area contributed by atoms with Gasteiger partial charge in [-0.1, -0.05) is 40.5 Å². The number of hydrogen-bond donors (Lipinski definition) is 3. The predicted molar refractivity (Wildman–Crippen MR) is 123 cm³/mol. The molecule has 0 spiro atoms. The molecule has 0 bridgehead atoms. The lowest BCUT2D eigenvalue weighted by molar-refractivity contribution is -0.123. The van der Waals surface area contributed by atoms with Crippen LogP contribution in [0.25, 0.3) is 0 Å². The summed E-state index contributed by atoms with van der Waals surface area (Å²) in [6, 6.07) is 11.8. The van der Waals surface area contributed by atoms with Crippen LogP contribution in [0.2, 0.25) is 5.02 Å². The van der Waals surface area contributed by atoms with E-state index in [9.17, 15) is 9.59 Å². The van der Waals surface area contributed by atoms with Gasteiger partial charge in [0.25, 0.3) is 11.8 Å².